The number of nitrogens with one attached hydrogen (secondary N) is 1. The Kier molecular flexibility index (Phi) is 4.19. The summed E-state index contributed by atoms with van der Waals surface area (Å²) in [6.45, 7) is 5.36. The van der Waals surface area contributed by atoms with Crippen LogP contribution in [0.25, 0.3) is 10.9 Å². The molecule has 0 saturated heterocycles. The van der Waals surface area contributed by atoms with Crippen molar-refractivity contribution < 1.29 is 9.72 Å². The second-order valence-electron chi connectivity index (χ2n) is 5.98. The molecule has 1 N–H and O–H groups in total. The van der Waals surface area contributed by atoms with Crippen molar-refractivity contribution in [3.05, 3.63) is 75.0 Å². The van der Waals surface area contributed by atoms with E-state index in [4.69, 9.17) is 0 Å². The van der Waals surface area contributed by atoms with E-state index in [1.165, 1.54) is 6.07 Å². The number of carbonyl (C=O) groups is 1. The summed E-state index contributed by atoms with van der Waals surface area (Å²) in [4.78, 5) is 27.7. The summed E-state index contributed by atoms with van der Waals surface area (Å²) in [6.07, 6.45) is 0. The van der Waals surface area contributed by atoms with Crippen LogP contribution in [0.4, 0.5) is 11.4 Å². The highest BCUT2D eigenvalue weighted by Gasteiger charge is 2.17. The van der Waals surface area contributed by atoms with Gasteiger partial charge in [0.1, 0.15) is 0 Å². The number of hydrogen-bond donors (Lipinski definition) is 1. The third-order valence-electron chi connectivity index (χ3n) is 4.16. The molecule has 3 aromatic rings. The molecule has 3 rings (SSSR count). The van der Waals surface area contributed by atoms with Gasteiger partial charge < -0.3 is 5.32 Å². The number of nitro benzene ring substituents is 1. The first kappa shape index (κ1) is 16.6. The van der Waals surface area contributed by atoms with Gasteiger partial charge in [0.05, 0.1) is 32.9 Å². The highest BCUT2D eigenvalue weighted by Crippen LogP contribution is 2.26. The highest BCUT2D eigenvalue weighted by molar-refractivity contribution is 6.07. The molecule has 126 valence electrons. The molecule has 1 heterocycles. The Balaban J connectivity index is 1.99. The minimum Gasteiger partial charge on any atom is -0.321 e. The molecule has 1 amide bonds. The molecule has 0 saturated carbocycles. The number of hydrogen-bond acceptors (Lipinski definition) is 4. The molecule has 0 aliphatic rings. The van der Waals surface area contributed by atoms with Crippen LogP contribution in [0.5, 0.6) is 0 Å². The van der Waals surface area contributed by atoms with Crippen LogP contribution in [0.15, 0.2) is 42.5 Å². The maximum atomic E-state index is 12.7. The molecule has 6 nitrogen and oxygen atoms in total. The Morgan fingerprint density at radius 2 is 1.88 bits per heavy atom. The normalized spacial score (nSPS) is 10.7. The summed E-state index contributed by atoms with van der Waals surface area (Å²) in [5.41, 5.74) is 3.78. The van der Waals surface area contributed by atoms with E-state index in [0.29, 0.717) is 22.5 Å². The molecule has 0 fully saturated rings. The van der Waals surface area contributed by atoms with Crippen molar-refractivity contribution in [2.24, 2.45) is 0 Å². The smallest absolute Gasteiger partial charge is 0.274 e. The number of nitrogens with zero attached hydrogens (tertiary/aromatic N) is 2. The van der Waals surface area contributed by atoms with Crippen LogP contribution in [0.3, 0.4) is 0 Å². The van der Waals surface area contributed by atoms with E-state index in [-0.39, 0.29) is 11.6 Å². The van der Waals surface area contributed by atoms with Gasteiger partial charge in [0.15, 0.2) is 0 Å². The van der Waals surface area contributed by atoms with Crippen molar-refractivity contribution in [3.63, 3.8) is 0 Å². The van der Waals surface area contributed by atoms with Gasteiger partial charge in [-0.1, -0.05) is 17.7 Å². The minimum atomic E-state index is -0.462. The molecule has 6 heteroatoms. The van der Waals surface area contributed by atoms with Crippen LogP contribution in [0.1, 0.15) is 27.2 Å². The number of aryl methyl sites for hydroxylation is 2. The maximum absolute atomic E-state index is 12.7. The topological polar surface area (TPSA) is 85.1 Å². The van der Waals surface area contributed by atoms with E-state index in [9.17, 15) is 14.9 Å². The number of pyridine rings is 1. The largest absolute Gasteiger partial charge is 0.321 e. The lowest BCUT2D eigenvalue weighted by Gasteiger charge is -2.11. The molecule has 0 bridgehead atoms. The fraction of sp³-hybridized carbons (Fsp3) is 0.158. The number of anilines is 1. The quantitative estimate of drug-likeness (QED) is 0.570. The van der Waals surface area contributed by atoms with Crippen molar-refractivity contribution in [1.29, 1.82) is 0 Å². The molecule has 25 heavy (non-hydrogen) atoms. The van der Waals surface area contributed by atoms with Gasteiger partial charge in [0.2, 0.25) is 0 Å². The van der Waals surface area contributed by atoms with Gasteiger partial charge in [-0.25, -0.2) is 0 Å². The van der Waals surface area contributed by atoms with Crippen molar-refractivity contribution >= 4 is 28.2 Å². The van der Waals surface area contributed by atoms with Crippen LogP contribution in [0.2, 0.25) is 0 Å². The van der Waals surface area contributed by atoms with Gasteiger partial charge in [-0.3, -0.25) is 19.9 Å². The predicted molar refractivity (Wildman–Crippen MR) is 97.0 cm³/mol. The third-order valence-corrected chi connectivity index (χ3v) is 4.16. The zero-order valence-electron chi connectivity index (χ0n) is 14.2. The fourth-order valence-corrected chi connectivity index (χ4v) is 2.77. The number of amides is 1. The van der Waals surface area contributed by atoms with E-state index >= 15 is 0 Å². The number of carbonyl (C=O) groups excluding carboxylic acids is 1. The molecular weight excluding hydrogens is 318 g/mol. The van der Waals surface area contributed by atoms with E-state index in [0.717, 1.165) is 16.5 Å². The Hall–Kier alpha value is -3.28. The molecule has 0 aliphatic carbocycles. The summed E-state index contributed by atoms with van der Waals surface area (Å²) in [7, 11) is 0. The Labute approximate surface area is 144 Å². The van der Waals surface area contributed by atoms with E-state index in [2.05, 4.69) is 10.3 Å². The SMILES string of the molecule is Cc1ccc2nc(C)c(C(=O)Nc3cccc([N+](=O)[O-])c3C)cc2c1. The molecule has 0 spiro atoms. The van der Waals surface area contributed by atoms with Crippen LogP contribution in [0, 0.1) is 30.9 Å². The standard InChI is InChI=1S/C19H17N3O3/c1-11-7-8-17-14(9-11)10-15(13(3)20-17)19(23)21-16-5-4-6-18(12(16)2)22(24)25/h4-10H,1-3H3,(H,21,23). The Bertz CT molecular complexity index is 1010. The van der Waals surface area contributed by atoms with Crippen LogP contribution >= 0.6 is 0 Å². The summed E-state index contributed by atoms with van der Waals surface area (Å²) < 4.78 is 0. The summed E-state index contributed by atoms with van der Waals surface area (Å²) >= 11 is 0. The van der Waals surface area contributed by atoms with Crippen molar-refractivity contribution in [2.75, 3.05) is 5.32 Å². The number of benzene rings is 2. The minimum absolute atomic E-state index is 0.0261. The van der Waals surface area contributed by atoms with Crippen LogP contribution < -0.4 is 5.32 Å². The Morgan fingerprint density at radius 3 is 2.60 bits per heavy atom. The van der Waals surface area contributed by atoms with Crippen LogP contribution in [-0.2, 0) is 0 Å². The third kappa shape index (κ3) is 3.19. The lowest BCUT2D eigenvalue weighted by atomic mass is 10.1. The molecule has 0 radical (unpaired) electrons. The average molecular weight is 335 g/mol. The summed E-state index contributed by atoms with van der Waals surface area (Å²) in [5, 5.41) is 14.7. The lowest BCUT2D eigenvalue weighted by molar-refractivity contribution is -0.385. The highest BCUT2D eigenvalue weighted by atomic mass is 16.6. The first-order valence-electron chi connectivity index (χ1n) is 7.80. The molecule has 2 aromatic carbocycles. The van der Waals surface area contributed by atoms with Gasteiger partial charge in [-0.2, -0.15) is 0 Å². The first-order valence-corrected chi connectivity index (χ1v) is 7.80. The van der Waals surface area contributed by atoms with Crippen molar-refractivity contribution in [3.8, 4) is 0 Å². The molecule has 1 aromatic heterocycles. The number of nitro groups is 1. The predicted octanol–water partition coefficient (Wildman–Crippen LogP) is 4.32. The van der Waals surface area contributed by atoms with Crippen LogP contribution in [-0.4, -0.2) is 15.8 Å². The van der Waals surface area contributed by atoms with E-state index < -0.39 is 4.92 Å². The van der Waals surface area contributed by atoms with Crippen molar-refractivity contribution in [2.45, 2.75) is 20.8 Å². The second-order valence-corrected chi connectivity index (χ2v) is 5.98. The molecule has 0 atom stereocenters. The first-order chi connectivity index (χ1) is 11.9. The van der Waals surface area contributed by atoms with Crippen molar-refractivity contribution in [1.82, 2.24) is 4.98 Å². The molecule has 0 unspecified atom stereocenters. The summed E-state index contributed by atoms with van der Waals surface area (Å²) in [6, 6.07) is 12.3. The van der Waals surface area contributed by atoms with E-state index in [1.807, 2.05) is 25.1 Å². The average Bonchev–Trinajstić information content (AvgIpc) is 2.56. The van der Waals surface area contributed by atoms with Gasteiger partial charge in [0.25, 0.3) is 11.6 Å². The van der Waals surface area contributed by atoms with Gasteiger partial charge in [0, 0.05) is 11.5 Å². The molecular formula is C19H17N3O3. The number of aromatic nitrogens is 1. The van der Waals surface area contributed by atoms with Gasteiger partial charge in [-0.05, 0) is 45.0 Å². The fourth-order valence-electron chi connectivity index (χ4n) is 2.77. The van der Waals surface area contributed by atoms with E-state index in [1.54, 1.807) is 32.0 Å². The van der Waals surface area contributed by atoms with Gasteiger partial charge in [-0.15, -0.1) is 0 Å². The maximum Gasteiger partial charge on any atom is 0.274 e. The van der Waals surface area contributed by atoms with Gasteiger partial charge >= 0.3 is 0 Å². The molecule has 0 aliphatic heterocycles. The Morgan fingerprint density at radius 1 is 1.12 bits per heavy atom. The lowest BCUT2D eigenvalue weighted by Crippen LogP contribution is -2.15. The monoisotopic (exact) mass is 335 g/mol. The second kappa shape index (κ2) is 6.32. The summed E-state index contributed by atoms with van der Waals surface area (Å²) in [5.74, 6) is -0.336. The zero-order valence-corrected chi connectivity index (χ0v) is 14.2. The number of rotatable bonds is 3. The zero-order chi connectivity index (χ0) is 18.1. The number of fused-ring (bicyclic) bond motifs is 1.